The van der Waals surface area contributed by atoms with Crippen LogP contribution in [0.3, 0.4) is 0 Å². The van der Waals surface area contributed by atoms with E-state index in [2.05, 4.69) is 0 Å². The molecule has 2 unspecified atom stereocenters. The van der Waals surface area contributed by atoms with Crippen molar-refractivity contribution in [2.24, 2.45) is 0 Å². The van der Waals surface area contributed by atoms with E-state index in [1.54, 1.807) is 23.9 Å². The molecule has 0 bridgehead atoms. The number of benzene rings is 1. The molecule has 5 heteroatoms. The molecule has 0 amide bonds. The molecule has 0 aliphatic heterocycles. The highest BCUT2D eigenvalue weighted by Gasteiger charge is 2.29. The topological polar surface area (TPSA) is 54.4 Å². The highest BCUT2D eigenvalue weighted by molar-refractivity contribution is 8.00. The summed E-state index contributed by atoms with van der Waals surface area (Å²) in [5, 5.41) is 9.80. The monoisotopic (exact) mass is 286 g/mol. The van der Waals surface area contributed by atoms with Gasteiger partial charge in [0.2, 0.25) is 0 Å². The first-order valence-corrected chi connectivity index (χ1v) is 8.94. The van der Waals surface area contributed by atoms with Crippen LogP contribution in [-0.4, -0.2) is 30.3 Å². The molecule has 2 atom stereocenters. The summed E-state index contributed by atoms with van der Waals surface area (Å²) in [6, 6.07) is 7.22. The van der Waals surface area contributed by atoms with Crippen LogP contribution >= 0.6 is 11.8 Å². The van der Waals surface area contributed by atoms with Gasteiger partial charge in [-0.3, -0.25) is 0 Å². The highest BCUT2D eigenvalue weighted by Crippen LogP contribution is 2.38. The Balaban J connectivity index is 2.05. The first-order chi connectivity index (χ1) is 8.47. The Morgan fingerprint density at radius 3 is 2.67 bits per heavy atom. The number of hydrogen-bond acceptors (Lipinski definition) is 4. The second kappa shape index (κ2) is 5.53. The van der Waals surface area contributed by atoms with Crippen LogP contribution < -0.4 is 0 Å². The molecule has 0 heterocycles. The standard InChI is InChI=1S/C13H18O3S2/c1-18(15,16)11-6-4-5-10(9-11)17-13-8-3-2-7-12(13)14/h2-3,7-8,10-11,14H,4-6,9H2,1H3. The van der Waals surface area contributed by atoms with Crippen LogP contribution in [0.1, 0.15) is 25.7 Å². The molecule has 1 aliphatic carbocycles. The Labute approximate surface area is 113 Å². The number of hydrogen-bond donors (Lipinski definition) is 1. The zero-order valence-electron chi connectivity index (χ0n) is 10.4. The SMILES string of the molecule is CS(=O)(=O)C1CCCC(Sc2ccccc2O)C1. The average molecular weight is 286 g/mol. The van der Waals surface area contributed by atoms with E-state index in [9.17, 15) is 13.5 Å². The molecular weight excluding hydrogens is 268 g/mol. The van der Waals surface area contributed by atoms with Crippen molar-refractivity contribution in [2.45, 2.75) is 41.1 Å². The van der Waals surface area contributed by atoms with Crippen molar-refractivity contribution in [3.63, 3.8) is 0 Å². The quantitative estimate of drug-likeness (QED) is 0.928. The Kier molecular flexibility index (Phi) is 4.22. The number of rotatable bonds is 3. The molecule has 1 saturated carbocycles. The van der Waals surface area contributed by atoms with Gasteiger partial charge in [0.15, 0.2) is 0 Å². The van der Waals surface area contributed by atoms with Gasteiger partial charge in [-0.25, -0.2) is 8.42 Å². The molecule has 18 heavy (non-hydrogen) atoms. The molecular formula is C13H18O3S2. The molecule has 0 radical (unpaired) electrons. The summed E-state index contributed by atoms with van der Waals surface area (Å²) in [5.74, 6) is 0.281. The molecule has 1 aromatic rings. The van der Waals surface area contributed by atoms with Crippen LogP contribution in [0.4, 0.5) is 0 Å². The smallest absolute Gasteiger partial charge is 0.150 e. The lowest BCUT2D eigenvalue weighted by Crippen LogP contribution is -2.28. The van der Waals surface area contributed by atoms with E-state index in [1.807, 2.05) is 12.1 Å². The number of para-hydroxylation sites is 1. The van der Waals surface area contributed by atoms with Gasteiger partial charge in [-0.1, -0.05) is 18.6 Å². The minimum Gasteiger partial charge on any atom is -0.507 e. The predicted octanol–water partition coefficient (Wildman–Crippen LogP) is 2.84. The third kappa shape index (κ3) is 3.42. The molecule has 2 rings (SSSR count). The summed E-state index contributed by atoms with van der Waals surface area (Å²) in [4.78, 5) is 0.844. The summed E-state index contributed by atoms with van der Waals surface area (Å²) in [5.41, 5.74) is 0. The third-order valence-electron chi connectivity index (χ3n) is 3.34. The molecule has 1 aromatic carbocycles. The van der Waals surface area contributed by atoms with Gasteiger partial charge in [0.25, 0.3) is 0 Å². The fourth-order valence-electron chi connectivity index (χ4n) is 2.33. The van der Waals surface area contributed by atoms with Crippen molar-refractivity contribution < 1.29 is 13.5 Å². The summed E-state index contributed by atoms with van der Waals surface area (Å²) in [6.45, 7) is 0. The molecule has 3 nitrogen and oxygen atoms in total. The van der Waals surface area contributed by atoms with Crippen molar-refractivity contribution in [3.05, 3.63) is 24.3 Å². The maximum absolute atomic E-state index is 11.6. The van der Waals surface area contributed by atoms with Crippen LogP contribution in [0, 0.1) is 0 Å². The third-order valence-corrected chi connectivity index (χ3v) is 6.34. The number of phenolic OH excluding ortho intramolecular Hbond substituents is 1. The van der Waals surface area contributed by atoms with Crippen LogP contribution in [0.2, 0.25) is 0 Å². The van der Waals surface area contributed by atoms with E-state index in [0.29, 0.717) is 6.42 Å². The Morgan fingerprint density at radius 2 is 2.00 bits per heavy atom. The normalized spacial score (nSPS) is 24.9. The lowest BCUT2D eigenvalue weighted by molar-refractivity contribution is 0.461. The van der Waals surface area contributed by atoms with Gasteiger partial charge < -0.3 is 5.11 Å². The molecule has 1 N–H and O–H groups in total. The van der Waals surface area contributed by atoms with Crippen LogP contribution in [0.25, 0.3) is 0 Å². The molecule has 0 aromatic heterocycles. The zero-order valence-corrected chi connectivity index (χ0v) is 12.0. The minimum absolute atomic E-state index is 0.213. The van der Waals surface area contributed by atoms with E-state index in [0.717, 1.165) is 24.2 Å². The second-order valence-corrected chi connectivity index (χ2v) is 8.49. The zero-order chi connectivity index (χ0) is 13.2. The van der Waals surface area contributed by atoms with E-state index in [4.69, 9.17) is 0 Å². The summed E-state index contributed by atoms with van der Waals surface area (Å²) in [7, 11) is -2.94. The maximum Gasteiger partial charge on any atom is 0.150 e. The average Bonchev–Trinajstić information content (AvgIpc) is 2.31. The lowest BCUT2D eigenvalue weighted by atomic mass is 10.00. The number of sulfone groups is 1. The highest BCUT2D eigenvalue weighted by atomic mass is 32.2. The molecule has 0 saturated heterocycles. The largest absolute Gasteiger partial charge is 0.507 e. The van der Waals surface area contributed by atoms with Gasteiger partial charge in [-0.2, -0.15) is 0 Å². The number of aromatic hydroxyl groups is 1. The summed E-state index contributed by atoms with van der Waals surface area (Å²) >= 11 is 1.60. The minimum atomic E-state index is -2.94. The molecule has 1 aliphatic rings. The Bertz CT molecular complexity index is 511. The first kappa shape index (κ1) is 13.7. The van der Waals surface area contributed by atoms with Gasteiger partial charge in [-0.05, 0) is 31.4 Å². The lowest BCUT2D eigenvalue weighted by Gasteiger charge is -2.27. The van der Waals surface area contributed by atoms with Crippen molar-refractivity contribution in [3.8, 4) is 5.75 Å². The van der Waals surface area contributed by atoms with Gasteiger partial charge in [0, 0.05) is 16.4 Å². The van der Waals surface area contributed by atoms with E-state index < -0.39 is 9.84 Å². The van der Waals surface area contributed by atoms with E-state index >= 15 is 0 Å². The van der Waals surface area contributed by atoms with Crippen molar-refractivity contribution >= 4 is 21.6 Å². The van der Waals surface area contributed by atoms with Crippen LogP contribution in [0.5, 0.6) is 5.75 Å². The van der Waals surface area contributed by atoms with Crippen LogP contribution in [-0.2, 0) is 9.84 Å². The number of phenols is 1. The van der Waals surface area contributed by atoms with Gasteiger partial charge in [0.1, 0.15) is 15.6 Å². The van der Waals surface area contributed by atoms with Crippen molar-refractivity contribution in [1.82, 2.24) is 0 Å². The molecule has 100 valence electrons. The van der Waals surface area contributed by atoms with Crippen molar-refractivity contribution in [1.29, 1.82) is 0 Å². The number of thioether (sulfide) groups is 1. The van der Waals surface area contributed by atoms with Gasteiger partial charge >= 0.3 is 0 Å². The Hall–Kier alpha value is -0.680. The molecule has 1 fully saturated rings. The van der Waals surface area contributed by atoms with Gasteiger partial charge in [0.05, 0.1) is 5.25 Å². The van der Waals surface area contributed by atoms with Crippen molar-refractivity contribution in [2.75, 3.05) is 6.26 Å². The van der Waals surface area contributed by atoms with E-state index in [1.165, 1.54) is 6.26 Å². The van der Waals surface area contributed by atoms with E-state index in [-0.39, 0.29) is 16.2 Å². The summed E-state index contributed by atoms with van der Waals surface area (Å²) < 4.78 is 23.2. The Morgan fingerprint density at radius 1 is 1.28 bits per heavy atom. The van der Waals surface area contributed by atoms with Crippen LogP contribution in [0.15, 0.2) is 29.2 Å². The fraction of sp³-hybridized carbons (Fsp3) is 0.538. The fourth-order valence-corrected chi connectivity index (χ4v) is 4.95. The predicted molar refractivity (Wildman–Crippen MR) is 74.9 cm³/mol. The maximum atomic E-state index is 11.6. The summed E-state index contributed by atoms with van der Waals surface area (Å²) in [6.07, 6.45) is 4.76. The van der Waals surface area contributed by atoms with Gasteiger partial charge in [-0.15, -0.1) is 11.8 Å². The second-order valence-electron chi connectivity index (χ2n) is 4.83. The first-order valence-electron chi connectivity index (χ1n) is 6.10. The molecule has 0 spiro atoms.